The Morgan fingerprint density at radius 2 is 2.27 bits per heavy atom. The quantitative estimate of drug-likeness (QED) is 0.508. The summed E-state index contributed by atoms with van der Waals surface area (Å²) < 4.78 is 5.53. The van der Waals surface area contributed by atoms with Crippen LogP contribution in [0.3, 0.4) is 0 Å². The van der Waals surface area contributed by atoms with Gasteiger partial charge in [-0.1, -0.05) is 0 Å². The van der Waals surface area contributed by atoms with Crippen molar-refractivity contribution in [2.24, 2.45) is 5.92 Å². The van der Waals surface area contributed by atoms with Crippen molar-refractivity contribution in [1.82, 2.24) is 4.90 Å². The molecular weight excluding hydrogens is 142 g/mol. The van der Waals surface area contributed by atoms with Gasteiger partial charge in [0.15, 0.2) is 0 Å². The lowest BCUT2D eigenvalue weighted by atomic mass is 10.0. The van der Waals surface area contributed by atoms with Crippen LogP contribution in [0.1, 0.15) is 12.8 Å². The van der Waals surface area contributed by atoms with Crippen LogP contribution in [-0.2, 0) is 9.53 Å². The average molecular weight is 155 g/mol. The van der Waals surface area contributed by atoms with E-state index in [-0.39, 0.29) is 0 Å². The van der Waals surface area contributed by atoms with E-state index in [9.17, 15) is 4.79 Å². The Labute approximate surface area is 66.3 Å². The lowest BCUT2D eigenvalue weighted by molar-refractivity contribution is -0.118. The van der Waals surface area contributed by atoms with Crippen molar-refractivity contribution in [3.8, 4) is 0 Å². The van der Waals surface area contributed by atoms with Crippen LogP contribution in [0.4, 0.5) is 0 Å². The van der Waals surface area contributed by atoms with E-state index >= 15 is 0 Å². The zero-order chi connectivity index (χ0) is 7.68. The molecule has 0 aromatic rings. The number of carbonyl (C=O) groups is 1. The molecule has 3 aliphatic rings. The maximum Gasteiger partial charge on any atom is 0.209 e. The van der Waals surface area contributed by atoms with Gasteiger partial charge in [0, 0.05) is 13.1 Å². The fourth-order valence-corrected chi connectivity index (χ4v) is 1.90. The van der Waals surface area contributed by atoms with Crippen LogP contribution in [0.15, 0.2) is 0 Å². The molecule has 0 N–H and O–H groups in total. The maximum absolute atomic E-state index is 10.5. The van der Waals surface area contributed by atoms with E-state index in [1.165, 1.54) is 6.42 Å². The number of rotatable bonds is 1. The van der Waals surface area contributed by atoms with E-state index in [0.29, 0.717) is 12.0 Å². The number of hydrogen-bond donors (Lipinski definition) is 0. The van der Waals surface area contributed by atoms with Crippen LogP contribution in [0.2, 0.25) is 0 Å². The monoisotopic (exact) mass is 155 g/mol. The molecule has 2 bridgehead atoms. The predicted molar refractivity (Wildman–Crippen MR) is 40.1 cm³/mol. The van der Waals surface area contributed by atoms with Crippen LogP contribution in [0.5, 0.6) is 0 Å². The molecule has 3 heteroatoms. The summed E-state index contributed by atoms with van der Waals surface area (Å²) in [5, 5.41) is 0. The van der Waals surface area contributed by atoms with E-state index in [4.69, 9.17) is 4.74 Å². The van der Waals surface area contributed by atoms with E-state index in [1.807, 2.05) is 4.90 Å². The lowest BCUT2D eigenvalue weighted by Gasteiger charge is -2.22. The van der Waals surface area contributed by atoms with Crippen LogP contribution in [-0.4, -0.2) is 37.1 Å². The fourth-order valence-electron chi connectivity index (χ4n) is 1.90. The SMILES string of the molecule is O=CN1CC2CCC(C1)OC2. The molecule has 2 atom stereocenters. The van der Waals surface area contributed by atoms with Gasteiger partial charge in [0.1, 0.15) is 0 Å². The van der Waals surface area contributed by atoms with Gasteiger partial charge in [-0.3, -0.25) is 4.79 Å². The smallest absolute Gasteiger partial charge is 0.209 e. The molecule has 0 spiro atoms. The van der Waals surface area contributed by atoms with Gasteiger partial charge in [-0.25, -0.2) is 0 Å². The standard InChI is InChI=1S/C8H13NO2/c10-6-9-3-7-1-2-8(4-9)11-5-7/h6-8H,1-5H2. The van der Waals surface area contributed by atoms with Crippen molar-refractivity contribution in [3.05, 3.63) is 0 Å². The van der Waals surface area contributed by atoms with Gasteiger partial charge in [-0.15, -0.1) is 0 Å². The van der Waals surface area contributed by atoms with Gasteiger partial charge in [0.05, 0.1) is 12.7 Å². The number of carbonyl (C=O) groups excluding carboxylic acids is 1. The number of nitrogens with zero attached hydrogens (tertiary/aromatic N) is 1. The average Bonchev–Trinajstić information content (AvgIpc) is 2.35. The van der Waals surface area contributed by atoms with Crippen molar-refractivity contribution >= 4 is 6.41 Å². The highest BCUT2D eigenvalue weighted by molar-refractivity contribution is 5.47. The van der Waals surface area contributed by atoms with Crippen molar-refractivity contribution in [1.29, 1.82) is 0 Å². The highest BCUT2D eigenvalue weighted by Gasteiger charge is 2.29. The molecule has 0 aromatic heterocycles. The third-order valence-corrected chi connectivity index (χ3v) is 2.54. The molecule has 3 heterocycles. The second-order valence-electron chi connectivity index (χ2n) is 3.46. The molecule has 3 fully saturated rings. The summed E-state index contributed by atoms with van der Waals surface area (Å²) in [5.74, 6) is 0.596. The Kier molecular flexibility index (Phi) is 1.82. The topological polar surface area (TPSA) is 29.5 Å². The van der Waals surface area contributed by atoms with Gasteiger partial charge in [0.2, 0.25) is 6.41 Å². The molecule has 3 saturated heterocycles. The molecule has 3 nitrogen and oxygen atoms in total. The minimum absolute atomic E-state index is 0.318. The number of hydrogen-bond acceptors (Lipinski definition) is 2. The Balaban J connectivity index is 2.05. The second kappa shape index (κ2) is 2.81. The van der Waals surface area contributed by atoms with Crippen molar-refractivity contribution in [3.63, 3.8) is 0 Å². The van der Waals surface area contributed by atoms with E-state index in [2.05, 4.69) is 0 Å². The van der Waals surface area contributed by atoms with Gasteiger partial charge in [-0.2, -0.15) is 0 Å². The normalized spacial score (nSPS) is 36.9. The minimum atomic E-state index is 0.318. The Hall–Kier alpha value is -0.570. The zero-order valence-electron chi connectivity index (χ0n) is 6.53. The zero-order valence-corrected chi connectivity index (χ0v) is 6.53. The largest absolute Gasteiger partial charge is 0.376 e. The molecule has 1 amide bonds. The number of amides is 1. The Morgan fingerprint density at radius 1 is 1.36 bits per heavy atom. The summed E-state index contributed by atoms with van der Waals surface area (Å²) in [7, 11) is 0. The second-order valence-corrected chi connectivity index (χ2v) is 3.46. The van der Waals surface area contributed by atoms with Crippen molar-refractivity contribution < 1.29 is 9.53 Å². The van der Waals surface area contributed by atoms with Crippen LogP contribution >= 0.6 is 0 Å². The van der Waals surface area contributed by atoms with Gasteiger partial charge >= 0.3 is 0 Å². The number of fused-ring (bicyclic) bond motifs is 4. The summed E-state index contributed by atoms with van der Waals surface area (Å²) in [5.41, 5.74) is 0. The molecule has 0 aliphatic carbocycles. The van der Waals surface area contributed by atoms with E-state index in [0.717, 1.165) is 32.5 Å². The van der Waals surface area contributed by atoms with Crippen molar-refractivity contribution in [2.75, 3.05) is 19.7 Å². The van der Waals surface area contributed by atoms with Crippen LogP contribution in [0, 0.1) is 5.92 Å². The first-order chi connectivity index (χ1) is 5.38. The maximum atomic E-state index is 10.5. The van der Waals surface area contributed by atoms with Crippen LogP contribution in [0.25, 0.3) is 0 Å². The lowest BCUT2D eigenvalue weighted by Crippen LogP contribution is -2.28. The molecule has 0 aromatic carbocycles. The summed E-state index contributed by atoms with van der Waals surface area (Å²) in [6, 6.07) is 0. The third-order valence-electron chi connectivity index (χ3n) is 2.54. The highest BCUT2D eigenvalue weighted by Crippen LogP contribution is 2.24. The van der Waals surface area contributed by atoms with E-state index in [1.54, 1.807) is 0 Å². The van der Waals surface area contributed by atoms with E-state index < -0.39 is 0 Å². The molecule has 3 aliphatic heterocycles. The first-order valence-electron chi connectivity index (χ1n) is 4.19. The van der Waals surface area contributed by atoms with Crippen molar-refractivity contribution in [2.45, 2.75) is 18.9 Å². The Bertz CT molecular complexity index is 138. The molecule has 0 saturated carbocycles. The molecule has 2 unspecified atom stereocenters. The Morgan fingerprint density at radius 3 is 2.91 bits per heavy atom. The first-order valence-corrected chi connectivity index (χ1v) is 4.19. The minimum Gasteiger partial charge on any atom is -0.376 e. The molecule has 0 radical (unpaired) electrons. The number of ether oxygens (including phenoxy) is 1. The van der Waals surface area contributed by atoms with Gasteiger partial charge in [-0.05, 0) is 18.8 Å². The molecule has 11 heavy (non-hydrogen) atoms. The highest BCUT2D eigenvalue weighted by atomic mass is 16.5. The van der Waals surface area contributed by atoms with Crippen LogP contribution < -0.4 is 0 Å². The summed E-state index contributed by atoms with van der Waals surface area (Å²) in [6.45, 7) is 2.56. The molecular formula is C8H13NO2. The summed E-state index contributed by atoms with van der Waals surface area (Å²) in [6.07, 6.45) is 3.63. The third kappa shape index (κ3) is 1.38. The summed E-state index contributed by atoms with van der Waals surface area (Å²) >= 11 is 0. The fraction of sp³-hybridized carbons (Fsp3) is 0.875. The molecule has 62 valence electrons. The summed E-state index contributed by atoms with van der Waals surface area (Å²) in [4.78, 5) is 12.3. The van der Waals surface area contributed by atoms with Gasteiger partial charge in [0.25, 0.3) is 0 Å². The van der Waals surface area contributed by atoms with Gasteiger partial charge < -0.3 is 9.64 Å². The first kappa shape index (κ1) is 7.10. The molecule has 3 rings (SSSR count). The predicted octanol–water partition coefficient (Wildman–Crippen LogP) is 0.254.